The van der Waals surface area contributed by atoms with Gasteiger partial charge in [-0.2, -0.15) is 13.2 Å². The van der Waals surface area contributed by atoms with E-state index >= 15 is 0 Å². The van der Waals surface area contributed by atoms with Gasteiger partial charge in [0, 0.05) is 30.4 Å². The van der Waals surface area contributed by atoms with Crippen molar-refractivity contribution in [3.8, 4) is 0 Å². The number of piperidine rings is 2. The molecule has 0 saturated carbocycles. The lowest BCUT2D eigenvalue weighted by Crippen LogP contribution is -2.47. The first kappa shape index (κ1) is 31.9. The fourth-order valence-corrected chi connectivity index (χ4v) is 5.93. The van der Waals surface area contributed by atoms with Crippen LogP contribution in [0.4, 0.5) is 24.5 Å². The fraction of sp³-hybridized carbons (Fsp3) is 0.444. The number of aromatic carboxylic acids is 1. The van der Waals surface area contributed by atoms with Gasteiger partial charge in [-0.15, -0.1) is 0 Å². The summed E-state index contributed by atoms with van der Waals surface area (Å²) in [6.07, 6.45) is 0.702. The number of ketones is 1. The maximum Gasteiger partial charge on any atom is 0.490 e. The number of nitrogens with one attached hydrogen (secondary N) is 1. The number of aliphatic carboxylic acids is 1. The number of rotatable bonds is 7. The first-order chi connectivity index (χ1) is 19.2. The summed E-state index contributed by atoms with van der Waals surface area (Å²) in [7, 11) is -3.93. The molecule has 0 radical (unpaired) electrons. The maximum absolute atomic E-state index is 12.8. The molecule has 0 aliphatic carbocycles. The van der Waals surface area contributed by atoms with Gasteiger partial charge in [0.05, 0.1) is 16.1 Å². The zero-order chi connectivity index (χ0) is 30.4. The average molecular weight is 600 g/mol. The number of anilines is 2. The monoisotopic (exact) mass is 599 g/mol. The van der Waals surface area contributed by atoms with Crippen LogP contribution in [0.5, 0.6) is 0 Å². The molecule has 3 N–H and O–H groups in total. The summed E-state index contributed by atoms with van der Waals surface area (Å²) in [6, 6.07) is 10.8. The van der Waals surface area contributed by atoms with Crippen LogP contribution in [0.3, 0.4) is 0 Å². The van der Waals surface area contributed by atoms with Gasteiger partial charge in [0.25, 0.3) is 10.0 Å². The standard InChI is InChI=1S/C25H31N3O5S.C2HF3O2/c1-18(29)19-5-8-22(9-6-19)34(32,33)26-20-7-10-24(23(17-20)25(30)31)28-15-11-21(12-16-28)27-13-3-2-4-14-27;3-2(4,5)1(6)7/h5-10,17,21,26H,2-4,11-16H2,1H3,(H,30,31);(H,6,7). The number of sulfonamides is 1. The molecule has 0 atom stereocenters. The van der Waals surface area contributed by atoms with Crippen LogP contribution in [0.25, 0.3) is 0 Å². The predicted molar refractivity (Wildman–Crippen MR) is 145 cm³/mol. The lowest BCUT2D eigenvalue weighted by Gasteiger charge is -2.41. The van der Waals surface area contributed by atoms with E-state index in [0.717, 1.165) is 39.0 Å². The smallest absolute Gasteiger partial charge is 0.478 e. The van der Waals surface area contributed by atoms with E-state index in [9.17, 15) is 36.3 Å². The van der Waals surface area contributed by atoms with Gasteiger partial charge in [0.2, 0.25) is 0 Å². The summed E-state index contributed by atoms with van der Waals surface area (Å²) >= 11 is 0. The number of Topliss-reactive ketones (excluding diaryl/α,β-unsaturated/α-hetero) is 1. The number of likely N-dealkylation sites (tertiary alicyclic amines) is 1. The number of nitrogens with zero attached hydrogens (tertiary/aromatic N) is 2. The molecule has 2 aromatic carbocycles. The number of carbonyl (C=O) groups is 3. The summed E-state index contributed by atoms with van der Waals surface area (Å²) in [5, 5.41) is 17.0. The Labute approximate surface area is 235 Å². The normalized spacial score (nSPS) is 16.8. The van der Waals surface area contributed by atoms with E-state index in [-0.39, 0.29) is 21.9 Å². The highest BCUT2D eigenvalue weighted by Gasteiger charge is 2.38. The first-order valence-electron chi connectivity index (χ1n) is 13.0. The van der Waals surface area contributed by atoms with Crippen LogP contribution in [0, 0.1) is 0 Å². The lowest BCUT2D eigenvalue weighted by molar-refractivity contribution is -0.192. The number of benzene rings is 2. The Kier molecular flexibility index (Phi) is 10.4. The Morgan fingerprint density at radius 1 is 0.902 bits per heavy atom. The van der Waals surface area contributed by atoms with Crippen molar-refractivity contribution in [1.82, 2.24) is 4.90 Å². The molecule has 2 fully saturated rings. The largest absolute Gasteiger partial charge is 0.490 e. The summed E-state index contributed by atoms with van der Waals surface area (Å²) in [5.41, 5.74) is 1.28. The number of carboxylic acid groups (broad SMARTS) is 2. The number of carboxylic acids is 2. The van der Waals surface area contributed by atoms with Gasteiger partial charge < -0.3 is 20.0 Å². The van der Waals surface area contributed by atoms with Crippen molar-refractivity contribution in [2.45, 2.75) is 56.1 Å². The van der Waals surface area contributed by atoms with Gasteiger partial charge in [-0.3, -0.25) is 9.52 Å². The van der Waals surface area contributed by atoms with E-state index in [2.05, 4.69) is 14.5 Å². The highest BCUT2D eigenvalue weighted by Crippen LogP contribution is 2.30. The molecule has 10 nitrogen and oxygen atoms in total. The Hall–Kier alpha value is -3.65. The molecule has 2 aliphatic rings. The molecule has 41 heavy (non-hydrogen) atoms. The van der Waals surface area contributed by atoms with Crippen LogP contribution in [0.2, 0.25) is 0 Å². The molecule has 14 heteroatoms. The van der Waals surface area contributed by atoms with E-state index < -0.39 is 28.1 Å². The highest BCUT2D eigenvalue weighted by molar-refractivity contribution is 7.92. The zero-order valence-electron chi connectivity index (χ0n) is 22.4. The Balaban J connectivity index is 0.000000587. The lowest BCUT2D eigenvalue weighted by atomic mass is 9.98. The Bertz CT molecular complexity index is 1350. The maximum atomic E-state index is 12.8. The minimum Gasteiger partial charge on any atom is -0.478 e. The average Bonchev–Trinajstić information content (AvgIpc) is 2.93. The molecule has 0 aromatic heterocycles. The Morgan fingerprint density at radius 3 is 1.95 bits per heavy atom. The molecule has 224 valence electrons. The number of hydrogen-bond donors (Lipinski definition) is 3. The summed E-state index contributed by atoms with van der Waals surface area (Å²) < 4.78 is 59.8. The highest BCUT2D eigenvalue weighted by atomic mass is 32.2. The number of alkyl halides is 3. The third-order valence-corrected chi connectivity index (χ3v) is 8.40. The quantitative estimate of drug-likeness (QED) is 0.393. The van der Waals surface area contributed by atoms with Gasteiger partial charge in [-0.1, -0.05) is 18.6 Å². The molecule has 0 amide bonds. The van der Waals surface area contributed by atoms with Gasteiger partial charge in [-0.05, 0) is 76.0 Å². The van der Waals surface area contributed by atoms with Gasteiger partial charge in [-0.25, -0.2) is 18.0 Å². The molecule has 2 heterocycles. The minimum atomic E-state index is -5.08. The van der Waals surface area contributed by atoms with Crippen molar-refractivity contribution in [3.63, 3.8) is 0 Å². The summed E-state index contributed by atoms with van der Waals surface area (Å²) in [6.45, 7) is 5.26. The summed E-state index contributed by atoms with van der Waals surface area (Å²) in [4.78, 5) is 37.0. The second-order valence-corrected chi connectivity index (χ2v) is 11.5. The number of halogens is 3. The van der Waals surface area contributed by atoms with Gasteiger partial charge in [0.1, 0.15) is 0 Å². The van der Waals surface area contributed by atoms with Crippen LogP contribution >= 0.6 is 0 Å². The molecule has 0 unspecified atom stereocenters. The minimum absolute atomic E-state index is 0.00163. The molecular weight excluding hydrogens is 567 g/mol. The third-order valence-electron chi connectivity index (χ3n) is 7.01. The van der Waals surface area contributed by atoms with Crippen molar-refractivity contribution in [1.29, 1.82) is 0 Å². The van der Waals surface area contributed by atoms with Gasteiger partial charge >= 0.3 is 18.1 Å². The van der Waals surface area contributed by atoms with Crippen LogP contribution in [0.15, 0.2) is 47.4 Å². The van der Waals surface area contributed by atoms with Gasteiger partial charge in [0.15, 0.2) is 5.78 Å². The topological polar surface area (TPSA) is 144 Å². The molecule has 0 bridgehead atoms. The SMILES string of the molecule is CC(=O)c1ccc(S(=O)(=O)Nc2ccc(N3CCC(N4CCCCC4)CC3)c(C(=O)O)c2)cc1.O=C(O)C(F)(F)F. The second kappa shape index (κ2) is 13.3. The molecule has 4 rings (SSSR count). The van der Waals surface area contributed by atoms with E-state index in [1.165, 1.54) is 56.5 Å². The molecular formula is C27H32F3N3O7S. The second-order valence-electron chi connectivity index (χ2n) is 9.84. The Morgan fingerprint density at radius 2 is 1.46 bits per heavy atom. The number of carbonyl (C=O) groups excluding carboxylic acids is 1. The van der Waals surface area contributed by atoms with Crippen molar-refractivity contribution in [2.75, 3.05) is 35.8 Å². The van der Waals surface area contributed by atoms with Crippen LogP contribution in [-0.2, 0) is 14.8 Å². The van der Waals surface area contributed by atoms with E-state index in [4.69, 9.17) is 9.90 Å². The van der Waals surface area contributed by atoms with Crippen molar-refractivity contribution >= 4 is 39.1 Å². The summed E-state index contributed by atoms with van der Waals surface area (Å²) in [5.74, 6) is -4.01. The van der Waals surface area contributed by atoms with Crippen molar-refractivity contribution in [2.24, 2.45) is 0 Å². The molecule has 2 aromatic rings. The first-order valence-corrected chi connectivity index (χ1v) is 14.5. The van der Waals surface area contributed by atoms with Crippen molar-refractivity contribution < 1.29 is 46.2 Å². The fourth-order valence-electron chi connectivity index (χ4n) is 4.88. The van der Waals surface area contributed by atoms with E-state index in [1.54, 1.807) is 12.1 Å². The zero-order valence-corrected chi connectivity index (χ0v) is 23.2. The molecule has 2 saturated heterocycles. The predicted octanol–water partition coefficient (Wildman–Crippen LogP) is 4.48. The van der Waals surface area contributed by atoms with E-state index in [1.807, 2.05) is 0 Å². The molecule has 2 aliphatic heterocycles. The van der Waals surface area contributed by atoms with Crippen molar-refractivity contribution in [3.05, 3.63) is 53.6 Å². The number of hydrogen-bond acceptors (Lipinski definition) is 7. The van der Waals surface area contributed by atoms with Crippen LogP contribution in [-0.4, -0.2) is 79.6 Å². The van der Waals surface area contributed by atoms with Crippen LogP contribution in [0.1, 0.15) is 59.7 Å². The molecule has 0 spiro atoms. The van der Waals surface area contributed by atoms with E-state index in [0.29, 0.717) is 17.3 Å². The third kappa shape index (κ3) is 8.67. The van der Waals surface area contributed by atoms with Crippen LogP contribution < -0.4 is 9.62 Å².